The van der Waals surface area contributed by atoms with Crippen LogP contribution in [0.1, 0.15) is 12.5 Å². The number of hydrogen-bond donors (Lipinski definition) is 2. The SMILES string of the molecule is Cc1ccccc1N=COC(C)NCOc1cc2nnc(-c3ccccc3)n2[nH]1. The smallest absolute Gasteiger partial charge is 0.211 e. The van der Waals surface area contributed by atoms with Crippen molar-refractivity contribution in [2.24, 2.45) is 4.99 Å². The summed E-state index contributed by atoms with van der Waals surface area (Å²) in [6, 6.07) is 19.5. The van der Waals surface area contributed by atoms with Crippen LogP contribution in [0.25, 0.3) is 17.0 Å². The first-order chi connectivity index (χ1) is 14.2. The molecular formula is C21H22N6O2. The summed E-state index contributed by atoms with van der Waals surface area (Å²) in [5.74, 6) is 1.31. The molecule has 2 aromatic carbocycles. The molecule has 0 aliphatic rings. The fraction of sp³-hybridized carbons (Fsp3) is 0.190. The maximum atomic E-state index is 5.71. The standard InChI is InChI=1S/C21H22N6O2/c1-15-8-6-7-11-18(15)23-14-28-16(2)22-13-29-20-12-19-24-25-21(27(19)26-20)17-9-4-3-5-10-17/h3-12,14,16,22,26H,13H2,1-2H3. The number of aromatic nitrogens is 4. The van der Waals surface area contributed by atoms with E-state index in [1.165, 1.54) is 6.40 Å². The summed E-state index contributed by atoms with van der Waals surface area (Å²) in [5, 5.41) is 14.7. The number of H-pyrrole nitrogens is 1. The van der Waals surface area contributed by atoms with Crippen LogP contribution >= 0.6 is 0 Å². The monoisotopic (exact) mass is 390 g/mol. The average Bonchev–Trinajstić information content (AvgIpc) is 3.30. The van der Waals surface area contributed by atoms with E-state index in [4.69, 9.17) is 9.47 Å². The Morgan fingerprint density at radius 2 is 1.93 bits per heavy atom. The van der Waals surface area contributed by atoms with Gasteiger partial charge >= 0.3 is 0 Å². The summed E-state index contributed by atoms with van der Waals surface area (Å²) in [4.78, 5) is 4.32. The van der Waals surface area contributed by atoms with Gasteiger partial charge in [0, 0.05) is 11.6 Å². The van der Waals surface area contributed by atoms with Crippen LogP contribution in [0.4, 0.5) is 5.69 Å². The third kappa shape index (κ3) is 4.44. The first kappa shape index (κ1) is 18.7. The van der Waals surface area contributed by atoms with E-state index in [0.29, 0.717) is 11.5 Å². The maximum absolute atomic E-state index is 5.71. The van der Waals surface area contributed by atoms with Crippen LogP contribution in [0.15, 0.2) is 65.7 Å². The second-order valence-electron chi connectivity index (χ2n) is 6.50. The number of aromatic amines is 1. The van der Waals surface area contributed by atoms with E-state index in [1.54, 1.807) is 10.6 Å². The molecule has 0 radical (unpaired) electrons. The normalized spacial score (nSPS) is 12.5. The van der Waals surface area contributed by atoms with Crippen molar-refractivity contribution >= 4 is 17.7 Å². The minimum atomic E-state index is -0.261. The zero-order valence-corrected chi connectivity index (χ0v) is 16.2. The highest BCUT2D eigenvalue weighted by Crippen LogP contribution is 2.20. The predicted molar refractivity (Wildman–Crippen MR) is 111 cm³/mol. The Morgan fingerprint density at radius 3 is 2.76 bits per heavy atom. The van der Waals surface area contributed by atoms with E-state index in [0.717, 1.165) is 22.6 Å². The van der Waals surface area contributed by atoms with Gasteiger partial charge in [-0.2, -0.15) is 0 Å². The molecule has 0 bridgehead atoms. The molecule has 8 nitrogen and oxygen atoms in total. The van der Waals surface area contributed by atoms with Gasteiger partial charge < -0.3 is 9.47 Å². The van der Waals surface area contributed by atoms with E-state index >= 15 is 0 Å². The Kier molecular flexibility index (Phi) is 5.53. The van der Waals surface area contributed by atoms with Crippen LogP contribution in [-0.2, 0) is 4.74 Å². The molecule has 0 saturated heterocycles. The van der Waals surface area contributed by atoms with Gasteiger partial charge in [-0.15, -0.1) is 10.2 Å². The molecule has 0 spiro atoms. The molecule has 0 saturated carbocycles. The molecule has 2 N–H and O–H groups in total. The zero-order chi connectivity index (χ0) is 20.1. The van der Waals surface area contributed by atoms with Crippen LogP contribution in [0.2, 0.25) is 0 Å². The minimum Gasteiger partial charge on any atom is -0.465 e. The van der Waals surface area contributed by atoms with E-state index < -0.39 is 0 Å². The van der Waals surface area contributed by atoms with Crippen molar-refractivity contribution in [2.45, 2.75) is 20.1 Å². The number of rotatable bonds is 8. The zero-order valence-electron chi connectivity index (χ0n) is 16.2. The van der Waals surface area contributed by atoms with E-state index in [-0.39, 0.29) is 13.0 Å². The van der Waals surface area contributed by atoms with E-state index in [2.05, 4.69) is 25.6 Å². The molecule has 4 rings (SSSR count). The lowest BCUT2D eigenvalue weighted by Gasteiger charge is -2.13. The first-order valence-corrected chi connectivity index (χ1v) is 9.30. The van der Waals surface area contributed by atoms with Crippen LogP contribution in [0.5, 0.6) is 5.88 Å². The Bertz CT molecular complexity index is 1100. The highest BCUT2D eigenvalue weighted by molar-refractivity contribution is 5.59. The molecule has 0 aliphatic carbocycles. The van der Waals surface area contributed by atoms with Crippen LogP contribution < -0.4 is 10.1 Å². The number of nitrogens with zero attached hydrogens (tertiary/aromatic N) is 4. The summed E-state index contributed by atoms with van der Waals surface area (Å²) in [5.41, 5.74) is 3.64. The van der Waals surface area contributed by atoms with Crippen LogP contribution in [0, 0.1) is 6.92 Å². The number of hydrogen-bond acceptors (Lipinski definition) is 6. The van der Waals surface area contributed by atoms with Gasteiger partial charge in [0.05, 0.1) is 5.69 Å². The van der Waals surface area contributed by atoms with Crippen molar-refractivity contribution in [3.8, 4) is 17.3 Å². The highest BCUT2D eigenvalue weighted by Gasteiger charge is 2.11. The summed E-state index contributed by atoms with van der Waals surface area (Å²) in [7, 11) is 0. The molecular weight excluding hydrogens is 368 g/mol. The Morgan fingerprint density at radius 1 is 1.14 bits per heavy atom. The summed E-state index contributed by atoms with van der Waals surface area (Å²) in [6.07, 6.45) is 1.18. The number of aryl methyl sites for hydroxylation is 1. The highest BCUT2D eigenvalue weighted by atomic mass is 16.5. The topological polar surface area (TPSA) is 88.8 Å². The van der Waals surface area contributed by atoms with Crippen LogP contribution in [0.3, 0.4) is 0 Å². The van der Waals surface area contributed by atoms with Crippen molar-refractivity contribution < 1.29 is 9.47 Å². The molecule has 0 amide bonds. The number of para-hydroxylation sites is 1. The minimum absolute atomic E-state index is 0.261. The largest absolute Gasteiger partial charge is 0.465 e. The van der Waals surface area contributed by atoms with Gasteiger partial charge in [-0.3, -0.25) is 5.10 Å². The predicted octanol–water partition coefficient (Wildman–Crippen LogP) is 3.68. The quantitative estimate of drug-likeness (QED) is 0.272. The van der Waals surface area contributed by atoms with Crippen LogP contribution in [-0.4, -0.2) is 39.2 Å². The van der Waals surface area contributed by atoms with Gasteiger partial charge in [0.1, 0.15) is 6.73 Å². The molecule has 8 heteroatoms. The Labute approximate surface area is 168 Å². The van der Waals surface area contributed by atoms with Crippen molar-refractivity contribution in [1.82, 2.24) is 25.1 Å². The molecule has 1 atom stereocenters. The number of nitrogens with one attached hydrogen (secondary N) is 2. The van der Waals surface area contributed by atoms with Crippen molar-refractivity contribution in [2.75, 3.05) is 6.73 Å². The summed E-state index contributed by atoms with van der Waals surface area (Å²) < 4.78 is 13.0. The van der Waals surface area contributed by atoms with Gasteiger partial charge in [0.2, 0.25) is 5.88 Å². The van der Waals surface area contributed by atoms with Gasteiger partial charge in [-0.25, -0.2) is 14.8 Å². The van der Waals surface area contributed by atoms with Gasteiger partial charge in [0.25, 0.3) is 0 Å². The lowest BCUT2D eigenvalue weighted by atomic mass is 10.2. The van der Waals surface area contributed by atoms with Gasteiger partial charge in [-0.05, 0) is 25.5 Å². The number of fused-ring (bicyclic) bond motifs is 1. The molecule has 2 heterocycles. The third-order valence-electron chi connectivity index (χ3n) is 4.37. The van der Waals surface area contributed by atoms with Gasteiger partial charge in [-0.1, -0.05) is 48.5 Å². The van der Waals surface area contributed by atoms with E-state index in [1.807, 2.05) is 68.4 Å². The molecule has 4 aromatic rings. The molecule has 29 heavy (non-hydrogen) atoms. The molecule has 1 unspecified atom stereocenters. The number of ether oxygens (including phenoxy) is 2. The first-order valence-electron chi connectivity index (χ1n) is 9.30. The number of benzene rings is 2. The molecule has 0 aliphatic heterocycles. The maximum Gasteiger partial charge on any atom is 0.211 e. The summed E-state index contributed by atoms with van der Waals surface area (Å²) >= 11 is 0. The average molecular weight is 390 g/mol. The second-order valence-corrected chi connectivity index (χ2v) is 6.50. The van der Waals surface area contributed by atoms with Gasteiger partial charge in [0.15, 0.2) is 24.1 Å². The molecule has 0 fully saturated rings. The van der Waals surface area contributed by atoms with Crippen molar-refractivity contribution in [3.63, 3.8) is 0 Å². The Balaban J connectivity index is 1.30. The lowest BCUT2D eigenvalue weighted by molar-refractivity contribution is 0.136. The van der Waals surface area contributed by atoms with Crippen molar-refractivity contribution in [3.05, 3.63) is 66.2 Å². The van der Waals surface area contributed by atoms with Crippen molar-refractivity contribution in [1.29, 1.82) is 0 Å². The molecule has 2 aromatic heterocycles. The third-order valence-corrected chi connectivity index (χ3v) is 4.37. The van der Waals surface area contributed by atoms with E-state index in [9.17, 15) is 0 Å². The Hall–Kier alpha value is -3.65. The fourth-order valence-electron chi connectivity index (χ4n) is 2.78. The molecule has 148 valence electrons. The number of aliphatic imine (C=N–C) groups is 1. The fourth-order valence-corrected chi connectivity index (χ4v) is 2.78. The summed E-state index contributed by atoms with van der Waals surface area (Å²) in [6.45, 7) is 4.15. The second kappa shape index (κ2) is 8.57. The lowest BCUT2D eigenvalue weighted by Crippen LogP contribution is -2.31.